The molecule has 0 aliphatic heterocycles. The predicted octanol–water partition coefficient (Wildman–Crippen LogP) is 27.9. The molecule has 0 unspecified atom stereocenters. The molecule has 0 N–H and O–H groups in total. The number of fused-ring (bicyclic) bond motifs is 14. The largest absolute Gasteiger partial charge is 0.456 e. The second kappa shape index (κ2) is 28.5. The number of rotatable bonds is 12. The summed E-state index contributed by atoms with van der Waals surface area (Å²) >= 11 is 0. The van der Waals surface area contributed by atoms with Crippen LogP contribution in [0.15, 0.2) is 433 Å². The van der Waals surface area contributed by atoms with Crippen molar-refractivity contribution in [2.45, 2.75) is 10.8 Å². The molecule has 4 heterocycles. The van der Waals surface area contributed by atoms with Crippen molar-refractivity contribution in [2.75, 3.05) is 0 Å². The monoisotopic (exact) mass is 1530 g/mol. The second-order valence-electron chi connectivity index (χ2n) is 31.0. The first-order chi connectivity index (χ1) is 59.5. The molecule has 0 saturated carbocycles. The quantitative estimate of drug-likeness (QED) is 0.119. The lowest BCUT2D eigenvalue weighted by molar-refractivity contribution is 0.665. The average molecular weight is 1530 g/mol. The Morgan fingerprint density at radius 1 is 0.167 bits per heavy atom. The molecule has 560 valence electrons. The van der Waals surface area contributed by atoms with Crippen molar-refractivity contribution < 1.29 is 8.83 Å². The molecule has 0 spiro atoms. The first-order valence-corrected chi connectivity index (χ1v) is 40.7. The molecule has 2 aliphatic carbocycles. The zero-order chi connectivity index (χ0) is 79.2. The standard InChI is InChI=1S/2C56H35N3O/c1-4-17-37(18-5-1)53-57-54(38-19-6-2-7-20-38)59-55(58-53)52-42-23-11-10-16-36(42)28-31-43(52)39-29-33-50-47(34-39)46-32-30-41(35-51(46)60-50)56(40-21-8-3-9-22-40)48-26-14-12-24-44(48)45-25-13-15-27-49(45)56;1-3-16-37(17-4-1)53-57-54(40-28-27-36-15-7-8-18-38(36)33-40)59-55(58-53)47-24-10-9-21-43(47)39-29-32-51-48(34-39)46-31-30-42(35-52(46)60-51)56(41-19-5-2-6-20-41)49-25-13-11-22-44(49)45-23-12-14-26-50(45)56/h2*1-35H. The van der Waals surface area contributed by atoms with Crippen molar-refractivity contribution in [1.29, 1.82) is 0 Å². The molecule has 2 aliphatic rings. The summed E-state index contributed by atoms with van der Waals surface area (Å²) in [5.74, 6) is 3.77. The highest BCUT2D eigenvalue weighted by Gasteiger charge is 2.48. The Bertz CT molecular complexity index is 7650. The van der Waals surface area contributed by atoms with E-state index in [1.807, 2.05) is 91.0 Å². The lowest BCUT2D eigenvalue weighted by Crippen LogP contribution is -2.28. The maximum absolute atomic E-state index is 6.78. The van der Waals surface area contributed by atoms with Crippen LogP contribution in [0.1, 0.15) is 44.5 Å². The van der Waals surface area contributed by atoms with E-state index in [1.54, 1.807) is 0 Å². The Kier molecular flexibility index (Phi) is 16.5. The molecule has 0 atom stereocenters. The third-order valence-corrected chi connectivity index (χ3v) is 24.4. The van der Waals surface area contributed by atoms with E-state index in [0.717, 1.165) is 116 Å². The van der Waals surface area contributed by atoms with E-state index >= 15 is 0 Å². The van der Waals surface area contributed by atoms with E-state index in [-0.39, 0.29) is 0 Å². The fraction of sp³-hybridized carbons (Fsp3) is 0.0179. The van der Waals surface area contributed by atoms with Gasteiger partial charge in [-0.25, -0.2) is 29.9 Å². The van der Waals surface area contributed by atoms with Crippen LogP contribution in [-0.2, 0) is 10.8 Å². The summed E-state index contributed by atoms with van der Waals surface area (Å²) in [6.45, 7) is 0. The zero-order valence-corrected chi connectivity index (χ0v) is 64.9. The molecule has 120 heavy (non-hydrogen) atoms. The minimum absolute atomic E-state index is 0.499. The topological polar surface area (TPSA) is 104 Å². The molecule has 0 radical (unpaired) electrons. The van der Waals surface area contributed by atoms with Crippen LogP contribution >= 0.6 is 0 Å². The minimum Gasteiger partial charge on any atom is -0.456 e. The maximum Gasteiger partial charge on any atom is 0.165 e. The minimum atomic E-state index is -0.505. The van der Waals surface area contributed by atoms with Gasteiger partial charge in [-0.2, -0.15) is 0 Å². The molecule has 24 rings (SSSR count). The molecule has 0 saturated heterocycles. The van der Waals surface area contributed by atoms with Gasteiger partial charge in [0.25, 0.3) is 0 Å². The number of furan rings is 2. The van der Waals surface area contributed by atoms with Gasteiger partial charge in [0.05, 0.1) is 10.8 Å². The van der Waals surface area contributed by atoms with Crippen LogP contribution in [-0.4, -0.2) is 29.9 Å². The molecule has 8 heteroatoms. The number of hydrogen-bond acceptors (Lipinski definition) is 8. The van der Waals surface area contributed by atoms with Gasteiger partial charge in [-0.3, -0.25) is 0 Å². The van der Waals surface area contributed by atoms with E-state index in [9.17, 15) is 0 Å². The van der Waals surface area contributed by atoms with E-state index < -0.39 is 10.8 Å². The summed E-state index contributed by atoms with van der Waals surface area (Å²) in [5.41, 5.74) is 27.2. The normalized spacial score (nSPS) is 12.8. The van der Waals surface area contributed by atoms with Crippen molar-refractivity contribution in [2.24, 2.45) is 0 Å². The van der Waals surface area contributed by atoms with Crippen LogP contribution in [0.25, 0.3) is 178 Å². The Labute approximate surface area is 692 Å². The van der Waals surface area contributed by atoms with Gasteiger partial charge in [-0.05, 0) is 153 Å². The molecule has 0 amide bonds. The summed E-state index contributed by atoms with van der Waals surface area (Å²) in [6, 6.07) is 150. The summed E-state index contributed by atoms with van der Waals surface area (Å²) in [4.78, 5) is 30.7. The third-order valence-electron chi connectivity index (χ3n) is 24.4. The van der Waals surface area contributed by atoms with Crippen molar-refractivity contribution in [1.82, 2.24) is 29.9 Å². The van der Waals surface area contributed by atoms with Crippen molar-refractivity contribution in [3.05, 3.63) is 469 Å². The molecule has 18 aromatic carbocycles. The van der Waals surface area contributed by atoms with Gasteiger partial charge < -0.3 is 8.83 Å². The van der Waals surface area contributed by atoms with Crippen LogP contribution in [0.2, 0.25) is 0 Å². The van der Waals surface area contributed by atoms with Crippen molar-refractivity contribution in [3.8, 4) is 113 Å². The van der Waals surface area contributed by atoms with Crippen LogP contribution in [0, 0.1) is 0 Å². The van der Waals surface area contributed by atoms with Gasteiger partial charge >= 0.3 is 0 Å². The summed E-state index contributed by atoms with van der Waals surface area (Å²) in [7, 11) is 0. The summed E-state index contributed by atoms with van der Waals surface area (Å²) in [6.07, 6.45) is 0. The average Bonchev–Trinajstić information content (AvgIpc) is 1.54. The molecular weight excluding hydrogens is 1460 g/mol. The Morgan fingerprint density at radius 3 is 0.992 bits per heavy atom. The second-order valence-corrected chi connectivity index (χ2v) is 31.0. The highest BCUT2D eigenvalue weighted by Crippen LogP contribution is 2.59. The van der Waals surface area contributed by atoms with Crippen LogP contribution < -0.4 is 0 Å². The van der Waals surface area contributed by atoms with Gasteiger partial charge in [0.15, 0.2) is 34.9 Å². The fourth-order valence-electron chi connectivity index (χ4n) is 19.1. The highest BCUT2D eigenvalue weighted by molar-refractivity contribution is 6.10. The van der Waals surface area contributed by atoms with Crippen molar-refractivity contribution in [3.63, 3.8) is 0 Å². The fourth-order valence-corrected chi connectivity index (χ4v) is 19.1. The first-order valence-electron chi connectivity index (χ1n) is 40.7. The third kappa shape index (κ3) is 11.4. The van der Waals surface area contributed by atoms with Gasteiger partial charge in [-0.1, -0.05) is 382 Å². The first kappa shape index (κ1) is 69.6. The van der Waals surface area contributed by atoms with Gasteiger partial charge in [0.2, 0.25) is 0 Å². The highest BCUT2D eigenvalue weighted by atomic mass is 16.3. The molecule has 22 aromatic rings. The van der Waals surface area contributed by atoms with E-state index in [0.29, 0.717) is 34.9 Å². The van der Waals surface area contributed by atoms with E-state index in [1.165, 1.54) is 72.1 Å². The Hall–Kier alpha value is -15.9. The zero-order valence-electron chi connectivity index (χ0n) is 64.9. The predicted molar refractivity (Wildman–Crippen MR) is 487 cm³/mol. The van der Waals surface area contributed by atoms with Crippen LogP contribution in [0.4, 0.5) is 0 Å². The van der Waals surface area contributed by atoms with E-state index in [2.05, 4.69) is 334 Å². The summed E-state index contributed by atoms with van der Waals surface area (Å²) < 4.78 is 13.5. The maximum atomic E-state index is 6.78. The number of nitrogens with zero attached hydrogens (tertiary/aromatic N) is 6. The molecule has 4 aromatic heterocycles. The Balaban J connectivity index is 0.000000140. The van der Waals surface area contributed by atoms with E-state index in [4.69, 9.17) is 38.7 Å². The van der Waals surface area contributed by atoms with Crippen LogP contribution in [0.3, 0.4) is 0 Å². The number of aromatic nitrogens is 6. The number of benzene rings is 18. The molecular formula is C112H70N6O2. The smallest absolute Gasteiger partial charge is 0.165 e. The van der Waals surface area contributed by atoms with Gasteiger partial charge in [-0.15, -0.1) is 0 Å². The Morgan fingerprint density at radius 2 is 0.517 bits per heavy atom. The molecule has 0 fully saturated rings. The lowest BCUT2D eigenvalue weighted by Gasteiger charge is -2.33. The SMILES string of the molecule is c1ccc(-c2nc(-c3ccc4ccccc4c3)nc(-c3ccccc3-c3ccc4oc5cc(C6(c7ccccc7)c7ccccc7-c7ccccc76)ccc5c4c3)n2)cc1.c1ccc(-c2nc(-c3ccccc3)nc(-c3c(-c4ccc5oc6cc(C7(c8ccccc8)c8ccccc8-c8ccccc87)ccc6c5c4)ccc4ccccc34)n2)cc1. The number of hydrogen-bond donors (Lipinski definition) is 0. The summed E-state index contributed by atoms with van der Waals surface area (Å²) in [5, 5.41) is 8.75. The lowest BCUT2D eigenvalue weighted by atomic mass is 9.67. The van der Waals surface area contributed by atoms with Crippen molar-refractivity contribution >= 4 is 65.4 Å². The van der Waals surface area contributed by atoms with Gasteiger partial charge in [0.1, 0.15) is 22.3 Å². The molecule has 8 nitrogen and oxygen atoms in total. The van der Waals surface area contributed by atoms with Crippen LogP contribution in [0.5, 0.6) is 0 Å². The van der Waals surface area contributed by atoms with Gasteiger partial charge in [0, 0.05) is 54.9 Å². The molecule has 0 bridgehead atoms.